The lowest BCUT2D eigenvalue weighted by Crippen LogP contribution is -2.34. The van der Waals surface area contributed by atoms with Gasteiger partial charge in [0.2, 0.25) is 0 Å². The zero-order valence-corrected chi connectivity index (χ0v) is 20.1. The highest BCUT2D eigenvalue weighted by molar-refractivity contribution is 8.26. The molecule has 0 fully saturated rings. The molecule has 0 bridgehead atoms. The highest BCUT2D eigenvalue weighted by Crippen LogP contribution is 2.59. The van der Waals surface area contributed by atoms with E-state index in [1.165, 1.54) is 0 Å². The molecule has 3 heterocycles. The second-order valence-electron chi connectivity index (χ2n) is 8.88. The summed E-state index contributed by atoms with van der Waals surface area (Å²) < 4.78 is 19.1. The van der Waals surface area contributed by atoms with Crippen molar-refractivity contribution >= 4 is 55.7 Å². The van der Waals surface area contributed by atoms with Crippen molar-refractivity contribution in [2.24, 2.45) is 0 Å². The first-order valence-electron chi connectivity index (χ1n) is 11.5. The normalized spacial score (nSPS) is 14.5. The summed E-state index contributed by atoms with van der Waals surface area (Å²) in [5.74, 6) is 3.21. The molecule has 0 saturated heterocycles. The van der Waals surface area contributed by atoms with Crippen LogP contribution in [0.25, 0.3) is 33.1 Å². The van der Waals surface area contributed by atoms with Gasteiger partial charge in [-0.1, -0.05) is 60.3 Å². The number of hydrogen-bond donors (Lipinski definition) is 0. The van der Waals surface area contributed by atoms with Crippen LogP contribution < -0.4 is 25.4 Å². The van der Waals surface area contributed by atoms with Gasteiger partial charge in [0.05, 0.1) is 11.3 Å². The molecule has 2 aliphatic rings. The van der Waals surface area contributed by atoms with Crippen LogP contribution in [0, 0.1) is 0 Å². The summed E-state index contributed by atoms with van der Waals surface area (Å²) in [5.41, 5.74) is 3.79. The smallest absolute Gasteiger partial charge is 0.140 e. The van der Waals surface area contributed by atoms with E-state index in [1.54, 1.807) is 0 Å². The van der Waals surface area contributed by atoms with Crippen molar-refractivity contribution in [2.45, 2.75) is 0 Å². The molecular formula is C30H17O3PS. The van der Waals surface area contributed by atoms with Gasteiger partial charge in [-0.05, 0) is 65.7 Å². The van der Waals surface area contributed by atoms with Gasteiger partial charge in [0.15, 0.2) is 0 Å². The maximum Gasteiger partial charge on any atom is 0.140 e. The molecule has 2 aliphatic heterocycles. The summed E-state index contributed by atoms with van der Waals surface area (Å²) in [5, 5.41) is 5.38. The molecule has 0 unspecified atom stereocenters. The highest BCUT2D eigenvalue weighted by Gasteiger charge is 2.42. The SMILES string of the molecule is S=P12c3ccccc3Oc3cc(-c4ccc5c(c4)oc4ccccc45)cc(c31)Oc1ccccc12. The van der Waals surface area contributed by atoms with Crippen LogP contribution in [0.2, 0.25) is 0 Å². The highest BCUT2D eigenvalue weighted by atomic mass is 32.4. The molecule has 8 rings (SSSR count). The number of para-hydroxylation sites is 3. The minimum Gasteiger partial charge on any atom is -0.456 e. The van der Waals surface area contributed by atoms with Gasteiger partial charge in [-0.2, -0.15) is 0 Å². The lowest BCUT2D eigenvalue weighted by Gasteiger charge is -2.37. The topological polar surface area (TPSA) is 31.6 Å². The van der Waals surface area contributed by atoms with Crippen molar-refractivity contribution in [3.05, 3.63) is 103 Å². The van der Waals surface area contributed by atoms with Crippen LogP contribution in [0.5, 0.6) is 23.0 Å². The summed E-state index contributed by atoms with van der Waals surface area (Å²) in [6, 6.07) is 32.6. The lowest BCUT2D eigenvalue weighted by molar-refractivity contribution is 0.467. The van der Waals surface area contributed by atoms with Gasteiger partial charge in [-0.3, -0.25) is 0 Å². The third-order valence-electron chi connectivity index (χ3n) is 6.92. The lowest BCUT2D eigenvalue weighted by atomic mass is 10.0. The van der Waals surface area contributed by atoms with Crippen LogP contribution in [0.4, 0.5) is 0 Å². The van der Waals surface area contributed by atoms with Gasteiger partial charge in [0, 0.05) is 21.4 Å². The molecule has 0 radical (unpaired) electrons. The van der Waals surface area contributed by atoms with E-state index < -0.39 is 6.04 Å². The van der Waals surface area contributed by atoms with Crippen molar-refractivity contribution in [1.82, 2.24) is 0 Å². The predicted octanol–water partition coefficient (Wildman–Crippen LogP) is 7.22. The number of rotatable bonds is 1. The van der Waals surface area contributed by atoms with Gasteiger partial charge < -0.3 is 13.9 Å². The van der Waals surface area contributed by atoms with E-state index in [4.69, 9.17) is 25.7 Å². The van der Waals surface area contributed by atoms with Crippen LogP contribution in [0.15, 0.2) is 108 Å². The van der Waals surface area contributed by atoms with E-state index >= 15 is 0 Å². The van der Waals surface area contributed by atoms with Crippen molar-refractivity contribution in [1.29, 1.82) is 0 Å². The van der Waals surface area contributed by atoms with Crippen molar-refractivity contribution in [2.75, 3.05) is 0 Å². The third kappa shape index (κ3) is 2.58. The first kappa shape index (κ1) is 19.5. The maximum absolute atomic E-state index is 6.55. The molecule has 0 N–H and O–H groups in total. The largest absolute Gasteiger partial charge is 0.456 e. The summed E-state index contributed by atoms with van der Waals surface area (Å²) in [6.07, 6.45) is 0. The van der Waals surface area contributed by atoms with Crippen molar-refractivity contribution < 1.29 is 13.9 Å². The Hall–Kier alpha value is -3.85. The zero-order valence-electron chi connectivity index (χ0n) is 18.4. The van der Waals surface area contributed by atoms with E-state index in [9.17, 15) is 0 Å². The fourth-order valence-electron chi connectivity index (χ4n) is 5.34. The Morgan fingerprint density at radius 1 is 0.514 bits per heavy atom. The quantitative estimate of drug-likeness (QED) is 0.228. The van der Waals surface area contributed by atoms with Crippen LogP contribution >= 0.6 is 6.04 Å². The van der Waals surface area contributed by atoms with E-state index in [2.05, 4.69) is 48.5 Å². The van der Waals surface area contributed by atoms with E-state index in [-0.39, 0.29) is 0 Å². The van der Waals surface area contributed by atoms with E-state index in [0.717, 1.165) is 72.0 Å². The molecule has 0 spiro atoms. The third-order valence-corrected chi connectivity index (χ3v) is 11.8. The fraction of sp³-hybridized carbons (Fsp3) is 0. The molecule has 5 heteroatoms. The van der Waals surface area contributed by atoms with Crippen molar-refractivity contribution in [3.8, 4) is 34.1 Å². The second kappa shape index (κ2) is 6.85. The Morgan fingerprint density at radius 2 is 1.11 bits per heavy atom. The Kier molecular flexibility index (Phi) is 3.81. The monoisotopic (exact) mass is 488 g/mol. The summed E-state index contributed by atoms with van der Waals surface area (Å²) in [6.45, 7) is 0. The second-order valence-corrected chi connectivity index (χ2v) is 13.2. The molecule has 5 aromatic carbocycles. The number of hydrogen-bond acceptors (Lipinski definition) is 4. The molecule has 0 aliphatic carbocycles. The Labute approximate surface area is 206 Å². The molecule has 3 nitrogen and oxygen atoms in total. The zero-order chi connectivity index (χ0) is 23.1. The van der Waals surface area contributed by atoms with Gasteiger partial charge in [-0.25, -0.2) is 0 Å². The van der Waals surface area contributed by atoms with Crippen LogP contribution in [-0.4, -0.2) is 0 Å². The van der Waals surface area contributed by atoms with Gasteiger partial charge in [0.1, 0.15) is 34.2 Å². The van der Waals surface area contributed by atoms with Crippen LogP contribution in [0.3, 0.4) is 0 Å². The average Bonchev–Trinajstić information content (AvgIpc) is 3.26. The molecule has 166 valence electrons. The minimum absolute atomic E-state index is 0.777. The summed E-state index contributed by atoms with van der Waals surface area (Å²) in [4.78, 5) is 0. The predicted molar refractivity (Wildman–Crippen MR) is 145 cm³/mol. The van der Waals surface area contributed by atoms with Gasteiger partial charge in [0.25, 0.3) is 0 Å². The Balaban J connectivity index is 1.38. The standard InChI is InChI=1S/C30H17O3PS/c35-34-28-11-5-3-9-23(28)32-26-16-19(17-27(30(26)34)33-24-10-4-6-12-29(24)34)18-13-14-21-20-7-1-2-8-22(20)31-25(21)15-18/h1-17H. The number of ether oxygens (including phenoxy) is 2. The van der Waals surface area contributed by atoms with Gasteiger partial charge >= 0.3 is 0 Å². The summed E-state index contributed by atoms with van der Waals surface area (Å²) in [7, 11) is 0. The molecule has 0 amide bonds. The first-order valence-corrected chi connectivity index (χ1v) is 14.3. The van der Waals surface area contributed by atoms with Gasteiger partial charge in [-0.15, -0.1) is 0 Å². The van der Waals surface area contributed by atoms with E-state index in [1.807, 2.05) is 54.6 Å². The number of benzene rings is 5. The van der Waals surface area contributed by atoms with Crippen LogP contribution in [-0.2, 0) is 11.8 Å². The Morgan fingerprint density at radius 3 is 1.83 bits per heavy atom. The Bertz CT molecular complexity index is 1830. The molecule has 1 aromatic heterocycles. The minimum atomic E-state index is -2.32. The molecule has 35 heavy (non-hydrogen) atoms. The maximum atomic E-state index is 6.55. The van der Waals surface area contributed by atoms with E-state index in [0.29, 0.717) is 0 Å². The average molecular weight is 489 g/mol. The van der Waals surface area contributed by atoms with Crippen molar-refractivity contribution in [3.63, 3.8) is 0 Å². The number of fused-ring (bicyclic) bond motifs is 7. The summed E-state index contributed by atoms with van der Waals surface area (Å²) >= 11 is 6.55. The first-order chi connectivity index (χ1) is 17.2. The van der Waals surface area contributed by atoms with Crippen LogP contribution in [0.1, 0.15) is 0 Å². The molecule has 0 atom stereocenters. The fourth-order valence-corrected chi connectivity index (χ4v) is 9.82. The molecular weight excluding hydrogens is 471 g/mol. The molecule has 0 saturated carbocycles. The number of furan rings is 1. The molecule has 6 aromatic rings.